The van der Waals surface area contributed by atoms with E-state index in [4.69, 9.17) is 4.74 Å². The molecule has 0 saturated carbocycles. The van der Waals surface area contributed by atoms with Gasteiger partial charge in [0, 0.05) is 13.1 Å². The number of hydrogen-bond acceptors (Lipinski definition) is 4. The molecule has 2 aromatic rings. The van der Waals surface area contributed by atoms with Crippen LogP contribution in [-0.2, 0) is 0 Å². The Hall–Kier alpha value is -2.56. The molecular weight excluding hydrogens is 278 g/mol. The number of amides is 1. The molecule has 1 aliphatic heterocycles. The van der Waals surface area contributed by atoms with Crippen LogP contribution in [0.5, 0.6) is 5.75 Å². The summed E-state index contributed by atoms with van der Waals surface area (Å²) in [5.74, 6) is 0.391. The molecule has 22 heavy (non-hydrogen) atoms. The van der Waals surface area contributed by atoms with Gasteiger partial charge in [-0.2, -0.15) is 0 Å². The first-order valence-corrected chi connectivity index (χ1v) is 7.43. The zero-order chi connectivity index (χ0) is 15.4. The van der Waals surface area contributed by atoms with Crippen LogP contribution in [0.1, 0.15) is 23.3 Å². The molecule has 5 heteroatoms. The van der Waals surface area contributed by atoms with Gasteiger partial charge >= 0.3 is 0 Å². The summed E-state index contributed by atoms with van der Waals surface area (Å²) in [5, 5.41) is 2.83. The average molecular weight is 297 g/mol. The molecular formula is C17H19N3O2. The summed E-state index contributed by atoms with van der Waals surface area (Å²) in [4.78, 5) is 18.8. The van der Waals surface area contributed by atoms with Crippen LogP contribution in [0, 0.1) is 0 Å². The fourth-order valence-electron chi connectivity index (χ4n) is 2.62. The van der Waals surface area contributed by atoms with Gasteiger partial charge in [-0.1, -0.05) is 12.1 Å². The van der Waals surface area contributed by atoms with E-state index in [-0.39, 0.29) is 5.91 Å². The standard InChI is InChI=1S/C17H19N3O2/c1-22-16-7-3-2-6-14(16)19-17(21)15-9-8-13(12-18-15)20-10-4-5-11-20/h2-3,6-9,12H,4-5,10-11H2,1H3,(H,19,21). The first-order valence-electron chi connectivity index (χ1n) is 7.43. The van der Waals surface area contributed by atoms with E-state index < -0.39 is 0 Å². The zero-order valence-corrected chi connectivity index (χ0v) is 12.6. The Bertz CT molecular complexity index is 649. The van der Waals surface area contributed by atoms with Crippen LogP contribution in [0.25, 0.3) is 0 Å². The van der Waals surface area contributed by atoms with Crippen molar-refractivity contribution in [3.8, 4) is 5.75 Å². The van der Waals surface area contributed by atoms with Crippen molar-refractivity contribution in [2.24, 2.45) is 0 Å². The Labute approximate surface area is 129 Å². The maximum atomic E-state index is 12.3. The number of carbonyl (C=O) groups excluding carboxylic acids is 1. The van der Waals surface area contributed by atoms with Crippen molar-refractivity contribution < 1.29 is 9.53 Å². The summed E-state index contributed by atoms with van der Waals surface area (Å²) < 4.78 is 5.23. The normalized spacial score (nSPS) is 14.0. The molecule has 3 rings (SSSR count). The van der Waals surface area contributed by atoms with E-state index in [1.54, 1.807) is 31.5 Å². The van der Waals surface area contributed by atoms with Crippen molar-refractivity contribution in [2.75, 3.05) is 30.4 Å². The Morgan fingerprint density at radius 2 is 1.95 bits per heavy atom. The van der Waals surface area contributed by atoms with Crippen molar-refractivity contribution in [1.82, 2.24) is 4.98 Å². The van der Waals surface area contributed by atoms with Crippen molar-refractivity contribution in [3.05, 3.63) is 48.3 Å². The summed E-state index contributed by atoms with van der Waals surface area (Å²) >= 11 is 0. The number of nitrogens with one attached hydrogen (secondary N) is 1. The summed E-state index contributed by atoms with van der Waals surface area (Å²) in [5.41, 5.74) is 2.11. The summed E-state index contributed by atoms with van der Waals surface area (Å²) in [6.45, 7) is 2.13. The predicted octanol–water partition coefficient (Wildman–Crippen LogP) is 2.94. The largest absolute Gasteiger partial charge is 0.495 e. The second-order valence-corrected chi connectivity index (χ2v) is 5.25. The summed E-state index contributed by atoms with van der Waals surface area (Å²) in [6.07, 6.45) is 4.20. The van der Waals surface area contributed by atoms with E-state index in [0.29, 0.717) is 17.1 Å². The Morgan fingerprint density at radius 3 is 2.64 bits per heavy atom. The molecule has 0 unspecified atom stereocenters. The Kier molecular flexibility index (Phi) is 4.23. The van der Waals surface area contributed by atoms with E-state index in [0.717, 1.165) is 18.8 Å². The van der Waals surface area contributed by atoms with Crippen LogP contribution in [0.2, 0.25) is 0 Å². The van der Waals surface area contributed by atoms with Crippen molar-refractivity contribution in [3.63, 3.8) is 0 Å². The van der Waals surface area contributed by atoms with Gasteiger partial charge in [0.25, 0.3) is 5.91 Å². The van der Waals surface area contributed by atoms with Crippen LogP contribution in [0.15, 0.2) is 42.6 Å². The molecule has 1 aromatic carbocycles. The molecule has 0 radical (unpaired) electrons. The third-order valence-corrected chi connectivity index (χ3v) is 3.81. The number of nitrogens with zero attached hydrogens (tertiary/aromatic N) is 2. The number of benzene rings is 1. The third-order valence-electron chi connectivity index (χ3n) is 3.81. The number of anilines is 2. The molecule has 0 aliphatic carbocycles. The van der Waals surface area contributed by atoms with Gasteiger partial charge in [-0.25, -0.2) is 4.98 Å². The summed E-state index contributed by atoms with van der Waals surface area (Å²) in [6, 6.07) is 11.0. The number of ether oxygens (including phenoxy) is 1. The van der Waals surface area contributed by atoms with E-state index in [1.165, 1.54) is 12.8 Å². The van der Waals surface area contributed by atoms with Crippen LogP contribution >= 0.6 is 0 Å². The van der Waals surface area contributed by atoms with Gasteiger partial charge in [0.2, 0.25) is 0 Å². The second kappa shape index (κ2) is 6.47. The Morgan fingerprint density at radius 1 is 1.18 bits per heavy atom. The van der Waals surface area contributed by atoms with Gasteiger partial charge in [0.15, 0.2) is 0 Å². The SMILES string of the molecule is COc1ccccc1NC(=O)c1ccc(N2CCCC2)cn1. The highest BCUT2D eigenvalue weighted by Gasteiger charge is 2.14. The molecule has 0 atom stereocenters. The van der Waals surface area contributed by atoms with Gasteiger partial charge in [0.05, 0.1) is 24.7 Å². The number of para-hydroxylation sites is 2. The number of hydrogen-bond donors (Lipinski definition) is 1. The highest BCUT2D eigenvalue weighted by atomic mass is 16.5. The van der Waals surface area contributed by atoms with Crippen molar-refractivity contribution in [1.29, 1.82) is 0 Å². The molecule has 114 valence electrons. The first kappa shape index (κ1) is 14.4. The minimum Gasteiger partial charge on any atom is -0.495 e. The van der Waals surface area contributed by atoms with E-state index in [2.05, 4.69) is 15.2 Å². The second-order valence-electron chi connectivity index (χ2n) is 5.25. The van der Waals surface area contributed by atoms with E-state index >= 15 is 0 Å². The van der Waals surface area contributed by atoms with Crippen molar-refractivity contribution in [2.45, 2.75) is 12.8 Å². The van der Waals surface area contributed by atoms with Crippen LogP contribution in [0.4, 0.5) is 11.4 Å². The number of carbonyl (C=O) groups is 1. The molecule has 1 amide bonds. The highest BCUT2D eigenvalue weighted by molar-refractivity contribution is 6.03. The zero-order valence-electron chi connectivity index (χ0n) is 12.6. The molecule has 5 nitrogen and oxygen atoms in total. The number of pyridine rings is 1. The average Bonchev–Trinajstić information content (AvgIpc) is 3.10. The predicted molar refractivity (Wildman–Crippen MR) is 86.6 cm³/mol. The molecule has 0 spiro atoms. The highest BCUT2D eigenvalue weighted by Crippen LogP contribution is 2.24. The third kappa shape index (κ3) is 3.03. The van der Waals surface area contributed by atoms with E-state index in [9.17, 15) is 4.79 Å². The maximum absolute atomic E-state index is 12.3. The van der Waals surface area contributed by atoms with Gasteiger partial charge in [-0.3, -0.25) is 4.79 Å². The van der Waals surface area contributed by atoms with Crippen LogP contribution in [-0.4, -0.2) is 31.1 Å². The lowest BCUT2D eigenvalue weighted by Gasteiger charge is -2.17. The smallest absolute Gasteiger partial charge is 0.274 e. The molecule has 1 aromatic heterocycles. The minimum atomic E-state index is -0.238. The monoisotopic (exact) mass is 297 g/mol. The number of aromatic nitrogens is 1. The van der Waals surface area contributed by atoms with Crippen LogP contribution in [0.3, 0.4) is 0 Å². The maximum Gasteiger partial charge on any atom is 0.274 e. The fraction of sp³-hybridized carbons (Fsp3) is 0.294. The number of methoxy groups -OCH3 is 1. The first-order chi connectivity index (χ1) is 10.8. The quantitative estimate of drug-likeness (QED) is 0.942. The minimum absolute atomic E-state index is 0.238. The lowest BCUT2D eigenvalue weighted by Crippen LogP contribution is -2.19. The molecule has 1 saturated heterocycles. The lowest BCUT2D eigenvalue weighted by atomic mass is 10.2. The molecule has 0 bridgehead atoms. The van der Waals surface area contributed by atoms with Crippen molar-refractivity contribution >= 4 is 17.3 Å². The van der Waals surface area contributed by atoms with Gasteiger partial charge < -0.3 is 15.0 Å². The molecule has 2 heterocycles. The molecule has 1 fully saturated rings. The van der Waals surface area contributed by atoms with Gasteiger partial charge in [-0.15, -0.1) is 0 Å². The topological polar surface area (TPSA) is 54.5 Å². The van der Waals surface area contributed by atoms with Gasteiger partial charge in [0.1, 0.15) is 11.4 Å². The van der Waals surface area contributed by atoms with E-state index in [1.807, 2.05) is 18.2 Å². The molecule has 1 N–H and O–H groups in total. The summed E-state index contributed by atoms with van der Waals surface area (Å²) in [7, 11) is 1.58. The fourth-order valence-corrected chi connectivity index (χ4v) is 2.62. The molecule has 1 aliphatic rings. The number of rotatable bonds is 4. The lowest BCUT2D eigenvalue weighted by molar-refractivity contribution is 0.102. The van der Waals surface area contributed by atoms with Crippen LogP contribution < -0.4 is 15.0 Å². The van der Waals surface area contributed by atoms with Gasteiger partial charge in [-0.05, 0) is 37.1 Å². The Balaban J connectivity index is 1.72.